The molecule has 136 valence electrons. The minimum Gasteiger partial charge on any atom is -0.507 e. The molecule has 1 aliphatic heterocycles. The molecule has 0 bridgehead atoms. The number of fused-ring (bicyclic) bond motifs is 1. The van der Waals surface area contributed by atoms with Crippen LogP contribution in [0.3, 0.4) is 0 Å². The Balaban J connectivity index is 2.20. The second-order valence-electron chi connectivity index (χ2n) is 6.00. The van der Waals surface area contributed by atoms with Gasteiger partial charge in [-0.15, -0.1) is 0 Å². The van der Waals surface area contributed by atoms with E-state index in [2.05, 4.69) is 0 Å². The number of phenolic OH excluding ortho intramolecular Hbond substituents is 2. The molecule has 0 amide bonds. The van der Waals surface area contributed by atoms with E-state index in [0.717, 1.165) is 12.1 Å². The fourth-order valence-electron chi connectivity index (χ4n) is 3.05. The standard InChI is InChI=1S/C16H18O9/c1-5-2-6(18)10-8(24-5)3-7(19)11(13(10)21)16-15(23)14(22)12(20)9(4-17)25-16/h2-3,9,12,14-17,19-23H,4H2,1H3/t9-,12-,14+,15-,16+/m1/s1. The van der Waals surface area contributed by atoms with Crippen LogP contribution in [0.2, 0.25) is 0 Å². The number of hydrogen-bond donors (Lipinski definition) is 6. The van der Waals surface area contributed by atoms with Crippen LogP contribution in [0.4, 0.5) is 0 Å². The lowest BCUT2D eigenvalue weighted by Gasteiger charge is -2.40. The van der Waals surface area contributed by atoms with Crippen molar-refractivity contribution in [1.82, 2.24) is 0 Å². The van der Waals surface area contributed by atoms with Crippen LogP contribution in [0.25, 0.3) is 11.0 Å². The number of aliphatic hydroxyl groups excluding tert-OH is 4. The van der Waals surface area contributed by atoms with Crippen molar-refractivity contribution in [3.63, 3.8) is 0 Å². The van der Waals surface area contributed by atoms with Gasteiger partial charge in [0.15, 0.2) is 5.43 Å². The fourth-order valence-corrected chi connectivity index (χ4v) is 3.05. The molecule has 1 saturated heterocycles. The van der Waals surface area contributed by atoms with Gasteiger partial charge in [-0.3, -0.25) is 4.79 Å². The maximum absolute atomic E-state index is 12.2. The zero-order valence-electron chi connectivity index (χ0n) is 13.2. The maximum atomic E-state index is 12.2. The van der Waals surface area contributed by atoms with E-state index in [9.17, 15) is 35.4 Å². The molecule has 2 heterocycles. The number of aliphatic hydroxyl groups is 4. The number of aromatic hydroxyl groups is 2. The monoisotopic (exact) mass is 354 g/mol. The molecular weight excluding hydrogens is 336 g/mol. The summed E-state index contributed by atoms with van der Waals surface area (Å²) in [6.07, 6.45) is -7.72. The molecule has 5 atom stereocenters. The van der Waals surface area contributed by atoms with Crippen molar-refractivity contribution in [2.24, 2.45) is 0 Å². The van der Waals surface area contributed by atoms with Gasteiger partial charge in [-0.25, -0.2) is 0 Å². The van der Waals surface area contributed by atoms with Crippen LogP contribution in [0.5, 0.6) is 11.5 Å². The van der Waals surface area contributed by atoms with Gasteiger partial charge in [0, 0.05) is 12.1 Å². The van der Waals surface area contributed by atoms with Crippen LogP contribution in [-0.2, 0) is 4.74 Å². The summed E-state index contributed by atoms with van der Waals surface area (Å²) in [6.45, 7) is 0.859. The predicted octanol–water partition coefficient (Wildman–Crippen LogP) is -0.972. The summed E-state index contributed by atoms with van der Waals surface area (Å²) >= 11 is 0. The second-order valence-corrected chi connectivity index (χ2v) is 6.00. The Labute approximate surface area is 141 Å². The Morgan fingerprint density at radius 2 is 1.76 bits per heavy atom. The Morgan fingerprint density at radius 1 is 1.08 bits per heavy atom. The highest BCUT2D eigenvalue weighted by Gasteiger charge is 2.46. The van der Waals surface area contributed by atoms with Gasteiger partial charge in [0.1, 0.15) is 58.7 Å². The first-order valence-electron chi connectivity index (χ1n) is 7.56. The third-order valence-corrected chi connectivity index (χ3v) is 4.31. The number of rotatable bonds is 2. The Bertz CT molecular complexity index is 857. The largest absolute Gasteiger partial charge is 0.507 e. The van der Waals surface area contributed by atoms with Gasteiger partial charge in [-0.2, -0.15) is 0 Å². The van der Waals surface area contributed by atoms with E-state index >= 15 is 0 Å². The predicted molar refractivity (Wildman–Crippen MR) is 83.3 cm³/mol. The SMILES string of the molecule is Cc1cc(=O)c2c(O)c([C@@H]3O[C@H](CO)[C@@H](O)[C@H](O)[C@H]3O)c(O)cc2o1. The van der Waals surface area contributed by atoms with Crippen molar-refractivity contribution in [2.75, 3.05) is 6.61 Å². The number of aryl methyl sites for hydroxylation is 1. The van der Waals surface area contributed by atoms with E-state index in [1.54, 1.807) is 0 Å². The van der Waals surface area contributed by atoms with Crippen LogP contribution in [0, 0.1) is 6.92 Å². The van der Waals surface area contributed by atoms with E-state index < -0.39 is 54.1 Å². The fraction of sp³-hybridized carbons (Fsp3) is 0.438. The molecule has 1 aromatic carbocycles. The van der Waals surface area contributed by atoms with Crippen LogP contribution < -0.4 is 5.43 Å². The minimum absolute atomic E-state index is 0.0617. The van der Waals surface area contributed by atoms with Crippen LogP contribution >= 0.6 is 0 Å². The summed E-state index contributed by atoms with van der Waals surface area (Å²) in [5, 5.41) is 59.6. The summed E-state index contributed by atoms with van der Waals surface area (Å²) in [6, 6.07) is 2.23. The molecule has 0 radical (unpaired) electrons. The molecule has 2 aromatic rings. The smallest absolute Gasteiger partial charge is 0.196 e. The van der Waals surface area contributed by atoms with Gasteiger partial charge in [0.05, 0.1) is 12.2 Å². The summed E-state index contributed by atoms with van der Waals surface area (Å²) in [7, 11) is 0. The van der Waals surface area contributed by atoms with E-state index in [4.69, 9.17) is 9.15 Å². The molecule has 6 N–H and O–H groups in total. The molecule has 1 aromatic heterocycles. The number of hydrogen-bond acceptors (Lipinski definition) is 9. The first-order chi connectivity index (χ1) is 11.8. The molecule has 0 aliphatic carbocycles. The van der Waals surface area contributed by atoms with E-state index in [-0.39, 0.29) is 22.3 Å². The molecule has 0 saturated carbocycles. The van der Waals surface area contributed by atoms with Gasteiger partial charge in [-0.1, -0.05) is 0 Å². The van der Waals surface area contributed by atoms with Gasteiger partial charge < -0.3 is 39.8 Å². The summed E-state index contributed by atoms with van der Waals surface area (Å²) in [4.78, 5) is 12.2. The Morgan fingerprint density at radius 3 is 2.40 bits per heavy atom. The molecule has 0 spiro atoms. The molecule has 0 unspecified atom stereocenters. The molecule has 1 aliphatic rings. The zero-order chi connectivity index (χ0) is 18.5. The van der Waals surface area contributed by atoms with Crippen molar-refractivity contribution in [2.45, 2.75) is 37.4 Å². The lowest BCUT2D eigenvalue weighted by atomic mass is 9.89. The topological polar surface area (TPSA) is 161 Å². The van der Waals surface area contributed by atoms with Gasteiger partial charge in [0.2, 0.25) is 0 Å². The average molecular weight is 354 g/mol. The normalized spacial score (nSPS) is 29.9. The highest BCUT2D eigenvalue weighted by atomic mass is 16.5. The van der Waals surface area contributed by atoms with E-state index in [1.165, 1.54) is 6.92 Å². The van der Waals surface area contributed by atoms with Gasteiger partial charge >= 0.3 is 0 Å². The summed E-state index contributed by atoms with van der Waals surface area (Å²) < 4.78 is 10.6. The van der Waals surface area contributed by atoms with Gasteiger partial charge in [0.25, 0.3) is 0 Å². The van der Waals surface area contributed by atoms with Crippen molar-refractivity contribution in [3.05, 3.63) is 33.7 Å². The molecule has 9 nitrogen and oxygen atoms in total. The molecule has 1 fully saturated rings. The number of benzene rings is 1. The lowest BCUT2D eigenvalue weighted by Crippen LogP contribution is -2.55. The third kappa shape index (κ3) is 2.75. The second kappa shape index (κ2) is 6.28. The first-order valence-corrected chi connectivity index (χ1v) is 7.56. The third-order valence-electron chi connectivity index (χ3n) is 4.31. The maximum Gasteiger partial charge on any atom is 0.196 e. The van der Waals surface area contributed by atoms with Crippen molar-refractivity contribution >= 4 is 11.0 Å². The van der Waals surface area contributed by atoms with Crippen molar-refractivity contribution < 1.29 is 39.8 Å². The van der Waals surface area contributed by atoms with Crippen LogP contribution in [-0.4, -0.2) is 61.7 Å². The van der Waals surface area contributed by atoms with E-state index in [1.807, 2.05) is 0 Å². The van der Waals surface area contributed by atoms with Crippen molar-refractivity contribution in [1.29, 1.82) is 0 Å². The quantitative estimate of drug-likeness (QED) is 0.398. The van der Waals surface area contributed by atoms with Crippen LogP contribution in [0.15, 0.2) is 21.3 Å². The minimum atomic E-state index is -1.72. The summed E-state index contributed by atoms with van der Waals surface area (Å²) in [5.41, 5.74) is -0.976. The summed E-state index contributed by atoms with van der Waals surface area (Å²) in [5.74, 6) is -0.937. The average Bonchev–Trinajstić information content (AvgIpc) is 2.53. The van der Waals surface area contributed by atoms with Crippen LogP contribution in [0.1, 0.15) is 17.4 Å². The molecule has 3 rings (SSSR count). The molecular formula is C16H18O9. The number of phenols is 2. The molecule has 9 heteroatoms. The zero-order valence-corrected chi connectivity index (χ0v) is 13.2. The highest BCUT2D eigenvalue weighted by Crippen LogP contribution is 2.44. The van der Waals surface area contributed by atoms with Crippen molar-refractivity contribution in [3.8, 4) is 11.5 Å². The Kier molecular flexibility index (Phi) is 4.43. The lowest BCUT2D eigenvalue weighted by molar-refractivity contribution is -0.232. The highest BCUT2D eigenvalue weighted by molar-refractivity contribution is 5.87. The molecule has 25 heavy (non-hydrogen) atoms. The number of ether oxygens (including phenoxy) is 1. The van der Waals surface area contributed by atoms with Gasteiger partial charge in [-0.05, 0) is 6.92 Å². The van der Waals surface area contributed by atoms with E-state index in [0.29, 0.717) is 0 Å². The Hall–Kier alpha value is -2.17. The first kappa shape index (κ1) is 17.6.